The van der Waals surface area contributed by atoms with Crippen molar-refractivity contribution in [3.63, 3.8) is 0 Å². The standard InChI is InChI=1S/C18H14N2S/c19-18(15-11-21-17-9-2-1-5-13(15)17)14-6-3-8-16-12(14)7-4-10-20-16/h1-11,18H,19H2. The van der Waals surface area contributed by atoms with Gasteiger partial charge in [-0.2, -0.15) is 0 Å². The summed E-state index contributed by atoms with van der Waals surface area (Å²) in [5.41, 5.74) is 9.88. The van der Waals surface area contributed by atoms with E-state index in [-0.39, 0.29) is 6.04 Å². The molecular weight excluding hydrogens is 276 g/mol. The van der Waals surface area contributed by atoms with Crippen LogP contribution in [0.4, 0.5) is 0 Å². The van der Waals surface area contributed by atoms with E-state index < -0.39 is 0 Å². The van der Waals surface area contributed by atoms with Crippen LogP contribution >= 0.6 is 11.3 Å². The van der Waals surface area contributed by atoms with E-state index in [1.807, 2.05) is 24.4 Å². The molecular formula is C18H14N2S. The SMILES string of the molecule is NC(c1cccc2ncccc12)c1csc2ccccc12. The Hall–Kier alpha value is -2.23. The van der Waals surface area contributed by atoms with Crippen molar-refractivity contribution < 1.29 is 0 Å². The maximum absolute atomic E-state index is 6.57. The minimum Gasteiger partial charge on any atom is -0.320 e. The van der Waals surface area contributed by atoms with Crippen LogP contribution in [-0.4, -0.2) is 4.98 Å². The van der Waals surface area contributed by atoms with E-state index >= 15 is 0 Å². The molecule has 2 heterocycles. The van der Waals surface area contributed by atoms with Crippen LogP contribution in [0.15, 0.2) is 66.2 Å². The fourth-order valence-corrected chi connectivity index (χ4v) is 3.80. The molecule has 2 aromatic heterocycles. The van der Waals surface area contributed by atoms with Crippen molar-refractivity contribution in [1.82, 2.24) is 4.98 Å². The van der Waals surface area contributed by atoms with Crippen LogP contribution in [0.1, 0.15) is 17.2 Å². The maximum Gasteiger partial charge on any atom is 0.0705 e. The zero-order chi connectivity index (χ0) is 14.2. The first-order chi connectivity index (χ1) is 10.3. The number of fused-ring (bicyclic) bond motifs is 2. The zero-order valence-electron chi connectivity index (χ0n) is 11.4. The summed E-state index contributed by atoms with van der Waals surface area (Å²) >= 11 is 1.75. The van der Waals surface area contributed by atoms with Gasteiger partial charge in [0.25, 0.3) is 0 Å². The topological polar surface area (TPSA) is 38.9 Å². The summed E-state index contributed by atoms with van der Waals surface area (Å²) < 4.78 is 1.28. The van der Waals surface area contributed by atoms with Crippen molar-refractivity contribution in [2.24, 2.45) is 5.73 Å². The molecule has 0 aliphatic rings. The summed E-state index contributed by atoms with van der Waals surface area (Å²) in [6.45, 7) is 0. The number of hydrogen-bond donors (Lipinski definition) is 1. The van der Waals surface area contributed by atoms with Gasteiger partial charge in [-0.15, -0.1) is 11.3 Å². The molecule has 0 saturated heterocycles. The minimum atomic E-state index is -0.131. The number of nitrogens with two attached hydrogens (primary N) is 1. The average molecular weight is 290 g/mol. The Kier molecular flexibility index (Phi) is 2.95. The smallest absolute Gasteiger partial charge is 0.0705 e. The molecule has 0 radical (unpaired) electrons. The highest BCUT2D eigenvalue weighted by atomic mass is 32.1. The van der Waals surface area contributed by atoms with Crippen LogP contribution in [0.3, 0.4) is 0 Å². The van der Waals surface area contributed by atoms with Crippen molar-refractivity contribution in [3.8, 4) is 0 Å². The zero-order valence-corrected chi connectivity index (χ0v) is 12.2. The Balaban J connectivity index is 1.92. The summed E-state index contributed by atoms with van der Waals surface area (Å²) in [5, 5.41) is 4.54. The van der Waals surface area contributed by atoms with Crippen molar-refractivity contribution >= 4 is 32.3 Å². The normalized spacial score (nSPS) is 12.8. The Morgan fingerprint density at radius 3 is 2.67 bits per heavy atom. The number of nitrogens with zero attached hydrogens (tertiary/aromatic N) is 1. The van der Waals surface area contributed by atoms with Crippen LogP contribution in [-0.2, 0) is 0 Å². The molecule has 1 unspecified atom stereocenters. The Bertz CT molecular complexity index is 921. The van der Waals surface area contributed by atoms with Crippen molar-refractivity contribution in [2.75, 3.05) is 0 Å². The lowest BCUT2D eigenvalue weighted by molar-refractivity contribution is 0.894. The second kappa shape index (κ2) is 4.95. The molecule has 3 heteroatoms. The molecule has 2 nitrogen and oxygen atoms in total. The van der Waals surface area contributed by atoms with E-state index in [4.69, 9.17) is 5.73 Å². The molecule has 0 saturated carbocycles. The third-order valence-corrected chi connectivity index (χ3v) is 4.84. The van der Waals surface area contributed by atoms with Crippen LogP contribution < -0.4 is 5.73 Å². The van der Waals surface area contributed by atoms with Gasteiger partial charge in [0.1, 0.15) is 0 Å². The molecule has 0 aliphatic carbocycles. The molecule has 0 aliphatic heterocycles. The van der Waals surface area contributed by atoms with Gasteiger partial charge in [-0.25, -0.2) is 0 Å². The Morgan fingerprint density at radius 1 is 0.857 bits per heavy atom. The first-order valence-electron chi connectivity index (χ1n) is 6.90. The molecule has 0 spiro atoms. The van der Waals surface area contributed by atoms with E-state index in [1.165, 1.54) is 15.6 Å². The highest BCUT2D eigenvalue weighted by Gasteiger charge is 2.16. The maximum atomic E-state index is 6.57. The van der Waals surface area contributed by atoms with Gasteiger partial charge >= 0.3 is 0 Å². The van der Waals surface area contributed by atoms with Gasteiger partial charge < -0.3 is 5.73 Å². The van der Waals surface area contributed by atoms with E-state index in [2.05, 4.69) is 46.8 Å². The first-order valence-corrected chi connectivity index (χ1v) is 7.78. The van der Waals surface area contributed by atoms with Crippen LogP contribution in [0.25, 0.3) is 21.0 Å². The monoisotopic (exact) mass is 290 g/mol. The summed E-state index contributed by atoms with van der Waals surface area (Å²) in [5.74, 6) is 0. The van der Waals surface area contributed by atoms with Gasteiger partial charge in [-0.05, 0) is 40.1 Å². The summed E-state index contributed by atoms with van der Waals surface area (Å²) in [7, 11) is 0. The molecule has 21 heavy (non-hydrogen) atoms. The second-order valence-electron chi connectivity index (χ2n) is 5.08. The number of pyridine rings is 1. The van der Waals surface area contributed by atoms with E-state index in [9.17, 15) is 0 Å². The Morgan fingerprint density at radius 2 is 1.71 bits per heavy atom. The molecule has 102 valence electrons. The third-order valence-electron chi connectivity index (χ3n) is 3.86. The molecule has 4 aromatic rings. The highest BCUT2D eigenvalue weighted by Crippen LogP contribution is 2.34. The predicted octanol–water partition coefficient (Wildman–Crippen LogP) is 4.50. The molecule has 0 fully saturated rings. The van der Waals surface area contributed by atoms with Crippen LogP contribution in [0, 0.1) is 0 Å². The molecule has 0 bridgehead atoms. The van der Waals surface area contributed by atoms with Crippen LogP contribution in [0.5, 0.6) is 0 Å². The average Bonchev–Trinajstić information content (AvgIpc) is 2.98. The summed E-state index contributed by atoms with van der Waals surface area (Å²) in [4.78, 5) is 4.41. The molecule has 4 rings (SSSR count). The number of rotatable bonds is 2. The van der Waals surface area contributed by atoms with Crippen LogP contribution in [0.2, 0.25) is 0 Å². The van der Waals surface area contributed by atoms with Gasteiger partial charge in [0, 0.05) is 16.3 Å². The van der Waals surface area contributed by atoms with E-state index in [1.54, 1.807) is 11.3 Å². The first kappa shape index (κ1) is 12.5. The van der Waals surface area contributed by atoms with Crippen molar-refractivity contribution in [2.45, 2.75) is 6.04 Å². The minimum absolute atomic E-state index is 0.131. The molecule has 1 atom stereocenters. The lowest BCUT2D eigenvalue weighted by Gasteiger charge is -2.14. The fraction of sp³-hybridized carbons (Fsp3) is 0.0556. The predicted molar refractivity (Wildman–Crippen MR) is 89.6 cm³/mol. The van der Waals surface area contributed by atoms with E-state index in [0.29, 0.717) is 0 Å². The lowest BCUT2D eigenvalue weighted by atomic mass is 9.95. The number of aromatic nitrogens is 1. The Labute approximate surface area is 126 Å². The molecule has 2 aromatic carbocycles. The molecule has 0 amide bonds. The van der Waals surface area contributed by atoms with Gasteiger partial charge in [0.05, 0.1) is 11.6 Å². The van der Waals surface area contributed by atoms with Crippen molar-refractivity contribution in [1.29, 1.82) is 0 Å². The van der Waals surface area contributed by atoms with E-state index in [0.717, 1.165) is 16.5 Å². The van der Waals surface area contributed by atoms with Crippen molar-refractivity contribution in [3.05, 3.63) is 77.3 Å². The lowest BCUT2D eigenvalue weighted by Crippen LogP contribution is -2.11. The summed E-state index contributed by atoms with van der Waals surface area (Å²) in [6, 6.07) is 18.5. The summed E-state index contributed by atoms with van der Waals surface area (Å²) in [6.07, 6.45) is 1.82. The number of hydrogen-bond acceptors (Lipinski definition) is 3. The fourth-order valence-electron chi connectivity index (χ4n) is 2.81. The van der Waals surface area contributed by atoms with Gasteiger partial charge in [0.2, 0.25) is 0 Å². The quantitative estimate of drug-likeness (QED) is 0.590. The third kappa shape index (κ3) is 2.02. The van der Waals surface area contributed by atoms with Gasteiger partial charge in [-0.3, -0.25) is 4.98 Å². The number of thiophene rings is 1. The highest BCUT2D eigenvalue weighted by molar-refractivity contribution is 7.17. The molecule has 2 N–H and O–H groups in total. The largest absolute Gasteiger partial charge is 0.320 e. The van der Waals surface area contributed by atoms with Gasteiger partial charge in [0.15, 0.2) is 0 Å². The van der Waals surface area contributed by atoms with Gasteiger partial charge in [-0.1, -0.05) is 36.4 Å². The number of benzene rings is 2. The second-order valence-corrected chi connectivity index (χ2v) is 5.99.